The molecule has 0 bridgehead atoms. The van der Waals surface area contributed by atoms with E-state index in [-0.39, 0.29) is 11.7 Å². The van der Waals surface area contributed by atoms with E-state index in [9.17, 15) is 9.59 Å². The lowest BCUT2D eigenvalue weighted by atomic mass is 10.1. The van der Waals surface area contributed by atoms with Crippen LogP contribution in [0.25, 0.3) is 0 Å². The Kier molecular flexibility index (Phi) is 6.10. The van der Waals surface area contributed by atoms with Crippen LogP contribution < -0.4 is 14.8 Å². The van der Waals surface area contributed by atoms with Crippen molar-refractivity contribution in [3.8, 4) is 11.5 Å². The van der Waals surface area contributed by atoms with Crippen LogP contribution in [0.2, 0.25) is 0 Å². The lowest BCUT2D eigenvalue weighted by Gasteiger charge is -2.11. The van der Waals surface area contributed by atoms with Gasteiger partial charge in [-0.1, -0.05) is 0 Å². The topological polar surface area (TPSA) is 77.5 Å². The summed E-state index contributed by atoms with van der Waals surface area (Å²) in [5.74, 6) is 0.930. The molecule has 0 saturated carbocycles. The van der Waals surface area contributed by atoms with Crippen molar-refractivity contribution in [3.63, 3.8) is 0 Å². The smallest absolute Gasteiger partial charge is 0.226 e. The summed E-state index contributed by atoms with van der Waals surface area (Å²) < 4.78 is 10.8. The van der Waals surface area contributed by atoms with Crippen molar-refractivity contribution >= 4 is 28.2 Å². The van der Waals surface area contributed by atoms with Crippen LogP contribution in [-0.4, -0.2) is 30.4 Å². The number of nitrogens with zero attached hydrogens (tertiary/aromatic N) is 1. The summed E-state index contributed by atoms with van der Waals surface area (Å²) in [7, 11) is 1.52. The predicted molar refractivity (Wildman–Crippen MR) is 88.5 cm³/mol. The lowest BCUT2D eigenvalue weighted by molar-refractivity contribution is -0.116. The van der Waals surface area contributed by atoms with Crippen molar-refractivity contribution < 1.29 is 19.1 Å². The van der Waals surface area contributed by atoms with E-state index in [1.54, 1.807) is 29.8 Å². The Bertz CT molecular complexity index is 671. The Labute approximate surface area is 138 Å². The first-order valence-corrected chi connectivity index (χ1v) is 7.99. The fourth-order valence-corrected chi connectivity index (χ4v) is 2.43. The van der Waals surface area contributed by atoms with E-state index in [0.717, 1.165) is 0 Å². The zero-order valence-corrected chi connectivity index (χ0v) is 13.8. The number of benzene rings is 1. The van der Waals surface area contributed by atoms with Crippen molar-refractivity contribution in [1.29, 1.82) is 0 Å². The number of thiazole rings is 1. The van der Waals surface area contributed by atoms with Crippen LogP contribution in [0.3, 0.4) is 0 Å². The number of anilines is 1. The van der Waals surface area contributed by atoms with Crippen molar-refractivity contribution in [1.82, 2.24) is 4.98 Å². The molecule has 2 rings (SSSR count). The van der Waals surface area contributed by atoms with Gasteiger partial charge < -0.3 is 14.8 Å². The van der Waals surface area contributed by atoms with Crippen LogP contribution in [0.15, 0.2) is 29.8 Å². The van der Waals surface area contributed by atoms with E-state index in [4.69, 9.17) is 9.47 Å². The highest BCUT2D eigenvalue weighted by Gasteiger charge is 2.09. The number of hydrogen-bond donors (Lipinski definition) is 1. The van der Waals surface area contributed by atoms with Gasteiger partial charge in [0, 0.05) is 23.6 Å². The number of aromatic nitrogens is 1. The third kappa shape index (κ3) is 5.07. The second-order valence-corrected chi connectivity index (χ2v) is 5.65. The molecule has 0 aliphatic carbocycles. The highest BCUT2D eigenvalue weighted by molar-refractivity contribution is 7.13. The van der Waals surface area contributed by atoms with Crippen LogP contribution in [0.1, 0.15) is 30.1 Å². The van der Waals surface area contributed by atoms with Gasteiger partial charge >= 0.3 is 0 Å². The largest absolute Gasteiger partial charge is 0.493 e. The van der Waals surface area contributed by atoms with Crippen molar-refractivity contribution in [3.05, 3.63) is 35.3 Å². The molecule has 0 fully saturated rings. The van der Waals surface area contributed by atoms with Gasteiger partial charge in [-0.3, -0.25) is 9.59 Å². The normalized spacial score (nSPS) is 10.2. The molecule has 0 aliphatic rings. The number of methoxy groups -OCH3 is 1. The summed E-state index contributed by atoms with van der Waals surface area (Å²) in [5, 5.41) is 5.11. The first-order chi connectivity index (χ1) is 11.1. The molecule has 0 aliphatic heterocycles. The minimum absolute atomic E-state index is 0.0336. The number of Topliss-reactive ketones (excluding diaryl/α,β-unsaturated/α-hetero) is 1. The Balaban J connectivity index is 1.79. The molecule has 1 aromatic carbocycles. The fourth-order valence-electron chi connectivity index (χ4n) is 1.89. The van der Waals surface area contributed by atoms with Gasteiger partial charge in [0.2, 0.25) is 5.91 Å². The van der Waals surface area contributed by atoms with Gasteiger partial charge in [0.05, 0.1) is 13.7 Å². The number of ketones is 1. The molecule has 2 aromatic rings. The molecule has 0 saturated heterocycles. The number of hydrogen-bond acceptors (Lipinski definition) is 6. The summed E-state index contributed by atoms with van der Waals surface area (Å²) in [6.45, 7) is 1.87. The Morgan fingerprint density at radius 3 is 2.78 bits per heavy atom. The molecule has 7 heteroatoms. The first kappa shape index (κ1) is 17.0. The maximum atomic E-state index is 11.7. The molecular weight excluding hydrogens is 316 g/mol. The van der Waals surface area contributed by atoms with Gasteiger partial charge in [-0.15, -0.1) is 11.3 Å². The summed E-state index contributed by atoms with van der Waals surface area (Å²) in [6.07, 6.45) is 2.54. The zero-order chi connectivity index (χ0) is 16.7. The zero-order valence-electron chi connectivity index (χ0n) is 13.0. The molecule has 0 unspecified atom stereocenters. The third-order valence-corrected chi connectivity index (χ3v) is 3.74. The van der Waals surface area contributed by atoms with Crippen LogP contribution in [-0.2, 0) is 4.79 Å². The van der Waals surface area contributed by atoms with E-state index >= 15 is 0 Å². The molecule has 0 spiro atoms. The molecule has 1 N–H and O–H groups in total. The van der Waals surface area contributed by atoms with Gasteiger partial charge in [0.1, 0.15) is 0 Å². The SMILES string of the molecule is COc1cc(C(C)=O)ccc1OCCCC(=O)Nc1nccs1. The van der Waals surface area contributed by atoms with Crippen LogP contribution in [0, 0.1) is 0 Å². The van der Waals surface area contributed by atoms with Crippen molar-refractivity contribution in [2.24, 2.45) is 0 Å². The molecule has 1 heterocycles. The minimum atomic E-state index is -0.0950. The Hall–Kier alpha value is -2.41. The molecular formula is C16H18N2O4S. The second kappa shape index (κ2) is 8.28. The molecule has 0 atom stereocenters. The number of carbonyl (C=O) groups excluding carboxylic acids is 2. The number of carbonyl (C=O) groups is 2. The van der Waals surface area contributed by atoms with Gasteiger partial charge in [-0.25, -0.2) is 4.98 Å². The standard InChI is InChI=1S/C16H18N2O4S/c1-11(19)12-5-6-13(14(10-12)21-2)22-8-3-4-15(20)18-16-17-7-9-23-16/h5-7,9-10H,3-4,8H2,1-2H3,(H,17,18,20). The lowest BCUT2D eigenvalue weighted by Crippen LogP contribution is -2.12. The first-order valence-electron chi connectivity index (χ1n) is 7.11. The van der Waals surface area contributed by atoms with E-state index in [0.29, 0.717) is 41.6 Å². The quantitative estimate of drug-likeness (QED) is 0.593. The molecule has 23 heavy (non-hydrogen) atoms. The maximum absolute atomic E-state index is 11.7. The summed E-state index contributed by atoms with van der Waals surface area (Å²) in [4.78, 5) is 27.0. The van der Waals surface area contributed by atoms with Crippen LogP contribution >= 0.6 is 11.3 Å². The third-order valence-electron chi connectivity index (χ3n) is 3.05. The molecule has 1 aromatic heterocycles. The molecule has 1 amide bonds. The number of ether oxygens (including phenoxy) is 2. The highest BCUT2D eigenvalue weighted by Crippen LogP contribution is 2.28. The van der Waals surface area contributed by atoms with Crippen LogP contribution in [0.4, 0.5) is 5.13 Å². The van der Waals surface area contributed by atoms with Crippen LogP contribution in [0.5, 0.6) is 11.5 Å². The van der Waals surface area contributed by atoms with Gasteiger partial charge in [-0.2, -0.15) is 0 Å². The average molecular weight is 334 g/mol. The predicted octanol–water partition coefficient (Wildman–Crippen LogP) is 3.15. The Morgan fingerprint density at radius 2 is 2.13 bits per heavy atom. The summed E-state index contributed by atoms with van der Waals surface area (Å²) >= 11 is 1.38. The maximum Gasteiger partial charge on any atom is 0.226 e. The molecule has 122 valence electrons. The number of amides is 1. The van der Waals surface area contributed by atoms with Gasteiger partial charge in [0.15, 0.2) is 22.4 Å². The second-order valence-electron chi connectivity index (χ2n) is 4.76. The molecule has 0 radical (unpaired) electrons. The van der Waals surface area contributed by atoms with E-state index < -0.39 is 0 Å². The van der Waals surface area contributed by atoms with Gasteiger partial charge in [0.25, 0.3) is 0 Å². The number of nitrogens with one attached hydrogen (secondary N) is 1. The van der Waals surface area contributed by atoms with Gasteiger partial charge in [-0.05, 0) is 31.5 Å². The Morgan fingerprint density at radius 1 is 1.30 bits per heavy atom. The number of rotatable bonds is 8. The summed E-state index contributed by atoms with van der Waals surface area (Å²) in [6, 6.07) is 5.04. The average Bonchev–Trinajstić information content (AvgIpc) is 3.04. The van der Waals surface area contributed by atoms with E-state index in [1.165, 1.54) is 25.4 Å². The highest BCUT2D eigenvalue weighted by atomic mass is 32.1. The minimum Gasteiger partial charge on any atom is -0.493 e. The van der Waals surface area contributed by atoms with E-state index in [1.807, 2.05) is 0 Å². The van der Waals surface area contributed by atoms with E-state index in [2.05, 4.69) is 10.3 Å². The monoisotopic (exact) mass is 334 g/mol. The summed E-state index contributed by atoms with van der Waals surface area (Å²) in [5.41, 5.74) is 0.567. The fraction of sp³-hybridized carbons (Fsp3) is 0.312. The molecule has 6 nitrogen and oxygen atoms in total. The van der Waals surface area contributed by atoms with Crippen molar-refractivity contribution in [2.45, 2.75) is 19.8 Å². The van der Waals surface area contributed by atoms with Crippen molar-refractivity contribution in [2.75, 3.05) is 19.0 Å².